The van der Waals surface area contributed by atoms with Crippen LogP contribution in [0.15, 0.2) is 46.2 Å². The van der Waals surface area contributed by atoms with Gasteiger partial charge in [-0.3, -0.25) is 0 Å². The number of carbonyl (C=O) groups excluding carboxylic acids is 2. The van der Waals surface area contributed by atoms with E-state index >= 15 is 0 Å². The lowest BCUT2D eigenvalue weighted by molar-refractivity contribution is -0.108. The molecule has 4 nitrogen and oxygen atoms in total. The first-order valence-electron chi connectivity index (χ1n) is 6.34. The highest BCUT2D eigenvalue weighted by Crippen LogP contribution is 2.41. The summed E-state index contributed by atoms with van der Waals surface area (Å²) in [6.07, 6.45) is 1.73. The number of hydrogen-bond acceptors (Lipinski definition) is 5. The molecule has 0 radical (unpaired) electrons. The van der Waals surface area contributed by atoms with Crippen LogP contribution in [-0.2, 0) is 22.4 Å². The van der Waals surface area contributed by atoms with Crippen molar-refractivity contribution < 1.29 is 19.8 Å². The van der Waals surface area contributed by atoms with Crippen molar-refractivity contribution in [2.45, 2.75) is 22.6 Å². The lowest BCUT2D eigenvalue weighted by atomic mass is 10.1. The van der Waals surface area contributed by atoms with Crippen molar-refractivity contribution in [3.05, 3.63) is 47.5 Å². The Morgan fingerprint density at radius 2 is 1.24 bits per heavy atom. The van der Waals surface area contributed by atoms with Crippen LogP contribution >= 0.6 is 11.8 Å². The monoisotopic (exact) mass is 302 g/mol. The van der Waals surface area contributed by atoms with Crippen molar-refractivity contribution in [1.29, 1.82) is 0 Å². The zero-order valence-electron chi connectivity index (χ0n) is 11.2. The van der Waals surface area contributed by atoms with E-state index in [0.29, 0.717) is 20.9 Å². The average molecular weight is 302 g/mol. The molecule has 5 heteroatoms. The summed E-state index contributed by atoms with van der Waals surface area (Å²) in [7, 11) is 0. The second kappa shape index (κ2) is 6.95. The second-order valence-corrected chi connectivity index (χ2v) is 5.46. The quantitative estimate of drug-likeness (QED) is 0.803. The molecule has 2 aromatic rings. The Balaban J connectivity index is 2.34. The third-order valence-electron chi connectivity index (χ3n) is 2.99. The standard InChI is InChI=1S/C16H14O4S/c17-9-7-11-3-1-5-13(15(11)19)21-14-6-2-4-12(8-10-18)16(14)20/h1-6,9-10,19-20H,7-8H2. The average Bonchev–Trinajstić information content (AvgIpc) is 2.48. The summed E-state index contributed by atoms with van der Waals surface area (Å²) >= 11 is 1.19. The molecular weight excluding hydrogens is 288 g/mol. The highest BCUT2D eigenvalue weighted by Gasteiger charge is 2.12. The molecule has 0 saturated carbocycles. The van der Waals surface area contributed by atoms with E-state index in [1.54, 1.807) is 36.4 Å². The van der Waals surface area contributed by atoms with Gasteiger partial charge in [0.05, 0.1) is 9.79 Å². The third kappa shape index (κ3) is 3.44. The maximum absolute atomic E-state index is 10.6. The smallest absolute Gasteiger partial charge is 0.133 e. The number of phenols is 2. The molecule has 0 amide bonds. The van der Waals surface area contributed by atoms with Gasteiger partial charge < -0.3 is 19.8 Å². The van der Waals surface area contributed by atoms with Gasteiger partial charge in [0, 0.05) is 24.0 Å². The van der Waals surface area contributed by atoms with Crippen molar-refractivity contribution >= 4 is 24.3 Å². The van der Waals surface area contributed by atoms with Crippen molar-refractivity contribution in [2.75, 3.05) is 0 Å². The number of aromatic hydroxyl groups is 2. The minimum absolute atomic E-state index is 0.0368. The molecule has 0 fully saturated rings. The number of para-hydroxylation sites is 2. The molecule has 0 aromatic heterocycles. The van der Waals surface area contributed by atoms with E-state index in [-0.39, 0.29) is 24.3 Å². The maximum Gasteiger partial charge on any atom is 0.133 e. The Labute approximate surface area is 126 Å². The topological polar surface area (TPSA) is 74.6 Å². The van der Waals surface area contributed by atoms with Crippen LogP contribution in [0.1, 0.15) is 11.1 Å². The zero-order chi connectivity index (χ0) is 15.2. The summed E-state index contributed by atoms with van der Waals surface area (Å²) in [5, 5.41) is 20.3. The van der Waals surface area contributed by atoms with Crippen LogP contribution < -0.4 is 0 Å². The van der Waals surface area contributed by atoms with Crippen molar-refractivity contribution in [3.63, 3.8) is 0 Å². The van der Waals surface area contributed by atoms with E-state index in [4.69, 9.17) is 0 Å². The van der Waals surface area contributed by atoms with Gasteiger partial charge in [-0.15, -0.1) is 0 Å². The van der Waals surface area contributed by atoms with Gasteiger partial charge in [-0.2, -0.15) is 0 Å². The van der Waals surface area contributed by atoms with Gasteiger partial charge >= 0.3 is 0 Å². The summed E-state index contributed by atoms with van der Waals surface area (Å²) < 4.78 is 0. The Morgan fingerprint density at radius 1 is 0.810 bits per heavy atom. The van der Waals surface area contributed by atoms with Crippen LogP contribution in [0.3, 0.4) is 0 Å². The van der Waals surface area contributed by atoms with Gasteiger partial charge in [0.2, 0.25) is 0 Å². The fourth-order valence-electron chi connectivity index (χ4n) is 1.93. The summed E-state index contributed by atoms with van der Waals surface area (Å²) in [5.41, 5.74) is 1.08. The Hall–Kier alpha value is -2.27. The van der Waals surface area contributed by atoms with Gasteiger partial charge in [-0.1, -0.05) is 36.0 Å². The molecule has 0 saturated heterocycles. The molecule has 0 atom stereocenters. The number of benzene rings is 2. The highest BCUT2D eigenvalue weighted by atomic mass is 32.2. The van der Waals surface area contributed by atoms with Gasteiger partial charge in [0.25, 0.3) is 0 Å². The molecule has 0 unspecified atom stereocenters. The lowest BCUT2D eigenvalue weighted by Gasteiger charge is -2.10. The maximum atomic E-state index is 10.6. The third-order valence-corrected chi connectivity index (χ3v) is 4.09. The van der Waals surface area contributed by atoms with Crippen LogP contribution in [0.4, 0.5) is 0 Å². The number of aldehydes is 2. The fourth-order valence-corrected chi connectivity index (χ4v) is 2.91. The minimum atomic E-state index is 0.0368. The van der Waals surface area contributed by atoms with Crippen LogP contribution in [-0.4, -0.2) is 22.8 Å². The molecule has 2 N–H and O–H groups in total. The number of rotatable bonds is 6. The van der Waals surface area contributed by atoms with E-state index in [1.165, 1.54) is 11.8 Å². The molecular formula is C16H14O4S. The van der Waals surface area contributed by atoms with Gasteiger partial charge in [0.15, 0.2) is 0 Å². The second-order valence-electron chi connectivity index (χ2n) is 4.37. The summed E-state index contributed by atoms with van der Waals surface area (Å²) in [6.45, 7) is 0. The molecule has 108 valence electrons. The molecule has 0 aliphatic heterocycles. The first kappa shape index (κ1) is 15.1. The molecule has 0 heterocycles. The Bertz CT molecular complexity index is 610. The molecule has 2 aromatic carbocycles. The molecule has 2 rings (SSSR count). The number of carbonyl (C=O) groups is 2. The first-order chi connectivity index (χ1) is 10.2. The van der Waals surface area contributed by atoms with Crippen LogP contribution in [0.5, 0.6) is 11.5 Å². The Kier molecular flexibility index (Phi) is 5.00. The zero-order valence-corrected chi connectivity index (χ0v) is 12.0. The van der Waals surface area contributed by atoms with Crippen LogP contribution in [0.2, 0.25) is 0 Å². The van der Waals surface area contributed by atoms with E-state index in [9.17, 15) is 19.8 Å². The molecule has 0 aliphatic carbocycles. The largest absolute Gasteiger partial charge is 0.506 e. The van der Waals surface area contributed by atoms with E-state index in [1.807, 2.05) is 0 Å². The van der Waals surface area contributed by atoms with Crippen molar-refractivity contribution in [3.8, 4) is 11.5 Å². The normalized spacial score (nSPS) is 10.3. The van der Waals surface area contributed by atoms with E-state index in [0.717, 1.165) is 12.6 Å². The van der Waals surface area contributed by atoms with E-state index in [2.05, 4.69) is 0 Å². The van der Waals surface area contributed by atoms with Gasteiger partial charge in [0.1, 0.15) is 24.1 Å². The minimum Gasteiger partial charge on any atom is -0.506 e. The first-order valence-corrected chi connectivity index (χ1v) is 7.16. The lowest BCUT2D eigenvalue weighted by Crippen LogP contribution is -1.90. The van der Waals surface area contributed by atoms with Crippen LogP contribution in [0.25, 0.3) is 0 Å². The molecule has 21 heavy (non-hydrogen) atoms. The van der Waals surface area contributed by atoms with Gasteiger partial charge in [-0.05, 0) is 12.1 Å². The summed E-state index contributed by atoms with van der Waals surface area (Å²) in [4.78, 5) is 22.2. The van der Waals surface area contributed by atoms with Crippen molar-refractivity contribution in [1.82, 2.24) is 0 Å². The Morgan fingerprint density at radius 3 is 1.62 bits per heavy atom. The highest BCUT2D eigenvalue weighted by molar-refractivity contribution is 7.99. The predicted octanol–water partition coefficient (Wildman–Crippen LogP) is 2.73. The van der Waals surface area contributed by atoms with E-state index < -0.39 is 0 Å². The predicted molar refractivity (Wildman–Crippen MR) is 79.9 cm³/mol. The fraction of sp³-hybridized carbons (Fsp3) is 0.125. The van der Waals surface area contributed by atoms with Gasteiger partial charge in [-0.25, -0.2) is 0 Å². The molecule has 0 bridgehead atoms. The molecule has 0 spiro atoms. The molecule has 0 aliphatic rings. The van der Waals surface area contributed by atoms with Crippen LogP contribution in [0, 0.1) is 0 Å². The number of phenolic OH excluding ortho intramolecular Hbond substituents is 2. The SMILES string of the molecule is O=CCc1cccc(Sc2cccc(CC=O)c2O)c1O. The number of hydrogen-bond donors (Lipinski definition) is 2. The summed E-state index contributed by atoms with van der Waals surface area (Å²) in [5.74, 6) is 0.0737. The summed E-state index contributed by atoms with van der Waals surface area (Å²) in [6, 6.07) is 10.3. The van der Waals surface area contributed by atoms with Crippen molar-refractivity contribution in [2.24, 2.45) is 0 Å².